The van der Waals surface area contributed by atoms with Crippen LogP contribution in [0.1, 0.15) is 33.3 Å². The molecule has 0 radical (unpaired) electrons. The Labute approximate surface area is 231 Å². The van der Waals surface area contributed by atoms with Crippen molar-refractivity contribution in [3.8, 4) is 11.4 Å². The zero-order valence-electron chi connectivity index (χ0n) is 22.6. The predicted octanol–water partition coefficient (Wildman–Crippen LogP) is 5.26. The number of carbonyl (C=O) groups is 1. The van der Waals surface area contributed by atoms with Crippen LogP contribution in [0.5, 0.6) is 0 Å². The van der Waals surface area contributed by atoms with Gasteiger partial charge in [-0.25, -0.2) is 40.9 Å². The van der Waals surface area contributed by atoms with Gasteiger partial charge in [-0.05, 0) is 37.5 Å². The lowest BCUT2D eigenvalue weighted by molar-refractivity contribution is -0.137. The van der Waals surface area contributed by atoms with E-state index in [0.717, 1.165) is 28.0 Å². The summed E-state index contributed by atoms with van der Waals surface area (Å²) in [6.45, 7) is 9.39. The molecule has 4 rings (SSSR count). The number of carbonyl (C=O) groups excluding carboxylic acids is 1. The number of nitrogens with zero attached hydrogens (tertiary/aromatic N) is 4. The number of aromatic nitrogens is 4. The number of nitrogens with one attached hydrogen (secondary N) is 1. The maximum absolute atomic E-state index is 14.9. The first-order valence-corrected chi connectivity index (χ1v) is 13.9. The van der Waals surface area contributed by atoms with Gasteiger partial charge in [-0.3, -0.25) is 0 Å². The summed E-state index contributed by atoms with van der Waals surface area (Å²) in [5, 5.41) is 3.11. The van der Waals surface area contributed by atoms with Gasteiger partial charge < -0.3 is 10.1 Å². The van der Waals surface area contributed by atoms with Crippen LogP contribution < -0.4 is 5.32 Å². The van der Waals surface area contributed by atoms with Crippen LogP contribution in [0.3, 0.4) is 0 Å². The van der Waals surface area contributed by atoms with Crippen LogP contribution in [-0.4, -0.2) is 46.0 Å². The van der Waals surface area contributed by atoms with E-state index in [9.17, 15) is 22.0 Å². The molecule has 3 aromatic heterocycles. The van der Waals surface area contributed by atoms with Crippen molar-refractivity contribution < 1.29 is 26.7 Å². The lowest BCUT2D eigenvalue weighted by Crippen LogP contribution is -2.33. The SMILES string of the molecule is CCOC(=O)C=CC(Nc1nc(-c2cn(S(=O)(=O)c3ccc(C)cc3)c3ncc(F)cc23)ncc1F)C(C)(C)C. The smallest absolute Gasteiger partial charge is 0.330 e. The molecule has 0 spiro atoms. The maximum Gasteiger partial charge on any atom is 0.330 e. The van der Waals surface area contributed by atoms with Crippen molar-refractivity contribution in [3.63, 3.8) is 0 Å². The van der Waals surface area contributed by atoms with Crippen LogP contribution in [-0.2, 0) is 19.6 Å². The van der Waals surface area contributed by atoms with Crippen LogP contribution in [0.25, 0.3) is 22.4 Å². The third-order valence-corrected chi connectivity index (χ3v) is 7.74. The number of halogens is 2. The predicted molar refractivity (Wildman–Crippen MR) is 147 cm³/mol. The second kappa shape index (κ2) is 11.1. The van der Waals surface area contributed by atoms with Crippen LogP contribution in [0, 0.1) is 24.0 Å². The van der Waals surface area contributed by atoms with Gasteiger partial charge in [0.2, 0.25) is 0 Å². The average molecular weight is 570 g/mol. The number of hydrogen-bond acceptors (Lipinski definition) is 8. The van der Waals surface area contributed by atoms with Gasteiger partial charge in [0.25, 0.3) is 10.0 Å². The average Bonchev–Trinajstić information content (AvgIpc) is 3.26. The molecule has 1 N–H and O–H groups in total. The molecule has 4 aromatic rings. The van der Waals surface area contributed by atoms with Crippen LogP contribution in [0.2, 0.25) is 0 Å². The molecule has 3 heterocycles. The molecular weight excluding hydrogens is 540 g/mol. The van der Waals surface area contributed by atoms with Gasteiger partial charge in [-0.2, -0.15) is 0 Å². The molecule has 1 unspecified atom stereocenters. The number of ether oxygens (including phenoxy) is 1. The fourth-order valence-electron chi connectivity index (χ4n) is 3.90. The van der Waals surface area contributed by atoms with Crippen molar-refractivity contribution in [2.24, 2.45) is 5.41 Å². The Kier molecular flexibility index (Phi) is 8.01. The fraction of sp³-hybridized carbons (Fsp3) is 0.286. The summed E-state index contributed by atoms with van der Waals surface area (Å²) in [5.41, 5.74) is 0.494. The number of benzene rings is 1. The monoisotopic (exact) mass is 569 g/mol. The molecule has 0 bridgehead atoms. The first kappa shape index (κ1) is 28.8. The van der Waals surface area contributed by atoms with E-state index in [1.54, 1.807) is 25.1 Å². The van der Waals surface area contributed by atoms with Crippen molar-refractivity contribution in [3.05, 3.63) is 78.3 Å². The number of fused-ring (bicyclic) bond motifs is 1. The van der Waals surface area contributed by atoms with Gasteiger partial charge in [-0.15, -0.1) is 0 Å². The molecule has 0 saturated heterocycles. The Bertz CT molecular complexity index is 1690. The second-order valence-corrected chi connectivity index (χ2v) is 12.0. The Morgan fingerprint density at radius 3 is 2.50 bits per heavy atom. The highest BCUT2D eigenvalue weighted by Gasteiger charge is 2.27. The second-order valence-electron chi connectivity index (χ2n) is 10.2. The summed E-state index contributed by atoms with van der Waals surface area (Å²) < 4.78 is 62.1. The number of rotatable bonds is 8. The molecule has 210 valence electrons. The molecule has 0 aliphatic carbocycles. The molecule has 0 aliphatic heterocycles. The first-order valence-electron chi connectivity index (χ1n) is 12.4. The zero-order valence-corrected chi connectivity index (χ0v) is 23.5. The van der Waals surface area contributed by atoms with Gasteiger partial charge in [0.1, 0.15) is 5.82 Å². The van der Waals surface area contributed by atoms with Crippen LogP contribution in [0.15, 0.2) is 66.0 Å². The Balaban J connectivity index is 1.81. The van der Waals surface area contributed by atoms with Gasteiger partial charge in [-0.1, -0.05) is 44.5 Å². The van der Waals surface area contributed by atoms with E-state index < -0.39 is 39.1 Å². The van der Waals surface area contributed by atoms with E-state index in [0.29, 0.717) is 0 Å². The Morgan fingerprint density at radius 1 is 1.15 bits per heavy atom. The zero-order chi connectivity index (χ0) is 29.2. The lowest BCUT2D eigenvalue weighted by Gasteiger charge is -2.29. The molecule has 0 fully saturated rings. The number of pyridine rings is 1. The minimum Gasteiger partial charge on any atom is -0.463 e. The van der Waals surface area contributed by atoms with Gasteiger partial charge in [0.05, 0.1) is 29.9 Å². The lowest BCUT2D eigenvalue weighted by atomic mass is 9.86. The minimum atomic E-state index is -4.13. The largest absolute Gasteiger partial charge is 0.463 e. The van der Waals surface area contributed by atoms with E-state index in [4.69, 9.17) is 4.74 Å². The minimum absolute atomic E-state index is 0.0106. The molecule has 1 atom stereocenters. The van der Waals surface area contributed by atoms with Gasteiger partial charge in [0.15, 0.2) is 23.1 Å². The van der Waals surface area contributed by atoms with Gasteiger partial charge in [0, 0.05) is 23.2 Å². The van der Waals surface area contributed by atoms with Crippen LogP contribution in [0.4, 0.5) is 14.6 Å². The summed E-state index contributed by atoms with van der Waals surface area (Å²) >= 11 is 0. The van der Waals surface area contributed by atoms with Crippen molar-refractivity contribution in [2.75, 3.05) is 11.9 Å². The molecule has 12 heteroatoms. The first-order chi connectivity index (χ1) is 18.8. The summed E-state index contributed by atoms with van der Waals surface area (Å²) in [4.78, 5) is 24.3. The van der Waals surface area contributed by atoms with E-state index in [1.807, 2.05) is 27.7 Å². The quantitative estimate of drug-likeness (QED) is 0.226. The van der Waals surface area contributed by atoms with E-state index >= 15 is 0 Å². The number of hydrogen-bond donors (Lipinski definition) is 1. The summed E-state index contributed by atoms with van der Waals surface area (Å²) in [6.07, 6.45) is 5.90. The normalized spacial score (nSPS) is 13.1. The number of esters is 1. The summed E-state index contributed by atoms with van der Waals surface area (Å²) in [6, 6.07) is 6.82. The maximum atomic E-state index is 14.9. The molecule has 0 amide bonds. The molecule has 9 nitrogen and oxygen atoms in total. The standard InChI is InChI=1S/C28H29F2N5O4S/c1-6-39-24(36)12-11-23(28(3,4)5)33-26-22(30)15-31-25(34-26)21-16-35(27-20(21)13-18(29)14-32-27)40(37,38)19-9-7-17(2)8-10-19/h7-16,23H,6H2,1-5H3,(H,31,33,34). The van der Waals surface area contributed by atoms with Crippen molar-refractivity contribution >= 4 is 32.8 Å². The number of aryl methyl sites for hydroxylation is 1. The van der Waals surface area contributed by atoms with E-state index in [-0.39, 0.29) is 39.7 Å². The Hall–Kier alpha value is -4.19. The highest BCUT2D eigenvalue weighted by atomic mass is 32.2. The Morgan fingerprint density at radius 2 is 1.85 bits per heavy atom. The molecule has 0 saturated carbocycles. The molecule has 0 aliphatic rings. The fourth-order valence-corrected chi connectivity index (χ4v) is 5.23. The van der Waals surface area contributed by atoms with Crippen molar-refractivity contribution in [2.45, 2.75) is 45.6 Å². The summed E-state index contributed by atoms with van der Waals surface area (Å²) in [7, 11) is -4.13. The topological polar surface area (TPSA) is 116 Å². The van der Waals surface area contributed by atoms with E-state index in [2.05, 4.69) is 20.3 Å². The summed E-state index contributed by atoms with van der Waals surface area (Å²) in [5.74, 6) is -2.26. The molecular formula is C28H29F2N5O4S. The third kappa shape index (κ3) is 6.01. The van der Waals surface area contributed by atoms with Crippen molar-refractivity contribution in [1.29, 1.82) is 0 Å². The van der Waals surface area contributed by atoms with Gasteiger partial charge >= 0.3 is 5.97 Å². The van der Waals surface area contributed by atoms with E-state index in [1.165, 1.54) is 24.4 Å². The molecule has 40 heavy (non-hydrogen) atoms. The van der Waals surface area contributed by atoms with Crippen LogP contribution >= 0.6 is 0 Å². The van der Waals surface area contributed by atoms with Crippen molar-refractivity contribution in [1.82, 2.24) is 18.9 Å². The number of anilines is 1. The highest BCUT2D eigenvalue weighted by Crippen LogP contribution is 2.32. The molecule has 1 aromatic carbocycles. The third-order valence-electron chi connectivity index (χ3n) is 6.08. The highest BCUT2D eigenvalue weighted by molar-refractivity contribution is 7.90.